The number of carbonyl (C=O) groups excluding carboxylic acids is 1. The fraction of sp³-hybridized carbons (Fsp3) is 0. The highest BCUT2D eigenvalue weighted by atomic mass is 16.2. The lowest BCUT2D eigenvalue weighted by molar-refractivity contribution is 0.101. The van der Waals surface area contributed by atoms with Gasteiger partial charge in [-0.15, -0.1) is 10.2 Å². The van der Waals surface area contributed by atoms with Crippen molar-refractivity contribution in [1.29, 1.82) is 0 Å². The second-order valence-electron chi connectivity index (χ2n) is 2.16. The third kappa shape index (κ3) is 1.50. The monoisotopic (exact) mass is 179 g/mol. The Morgan fingerprint density at radius 2 is 2.46 bits per heavy atom. The molecule has 0 radical (unpaired) electrons. The maximum atomic E-state index is 11.2. The van der Waals surface area contributed by atoms with E-state index in [1.807, 2.05) is 0 Å². The van der Waals surface area contributed by atoms with Gasteiger partial charge < -0.3 is 5.32 Å². The van der Waals surface area contributed by atoms with Crippen molar-refractivity contribution >= 4 is 11.7 Å². The van der Waals surface area contributed by atoms with Crippen LogP contribution in [0.3, 0.4) is 0 Å². The Hall–Kier alpha value is -2.25. The quantitative estimate of drug-likeness (QED) is 0.557. The molecule has 0 unspecified atom stereocenters. The largest absolute Gasteiger partial charge is 0.304 e. The van der Waals surface area contributed by atoms with Gasteiger partial charge in [-0.3, -0.25) is 9.89 Å². The SMILES string of the molecule is O=C(Nc1ccn[nH]1)c1nn[nH]n1. The Balaban J connectivity index is 2.08. The molecule has 0 saturated heterocycles. The fourth-order valence-corrected chi connectivity index (χ4v) is 0.762. The van der Waals surface area contributed by atoms with Crippen LogP contribution in [0.2, 0.25) is 0 Å². The number of nitrogens with zero attached hydrogens (tertiary/aromatic N) is 4. The molecule has 8 nitrogen and oxygen atoms in total. The van der Waals surface area contributed by atoms with Gasteiger partial charge in [-0.05, 0) is 5.21 Å². The minimum atomic E-state index is -0.446. The summed E-state index contributed by atoms with van der Waals surface area (Å²) in [5, 5.41) is 21.1. The van der Waals surface area contributed by atoms with Crippen molar-refractivity contribution < 1.29 is 4.79 Å². The number of nitrogens with one attached hydrogen (secondary N) is 3. The molecule has 0 saturated carbocycles. The van der Waals surface area contributed by atoms with E-state index in [0.29, 0.717) is 5.82 Å². The molecule has 0 aliphatic rings. The van der Waals surface area contributed by atoms with E-state index >= 15 is 0 Å². The van der Waals surface area contributed by atoms with Crippen LogP contribution < -0.4 is 5.32 Å². The lowest BCUT2D eigenvalue weighted by atomic mass is 10.5. The smallest absolute Gasteiger partial charge is 0.298 e. The summed E-state index contributed by atoms with van der Waals surface area (Å²) in [7, 11) is 0. The number of carbonyl (C=O) groups is 1. The third-order valence-electron chi connectivity index (χ3n) is 1.30. The summed E-state index contributed by atoms with van der Waals surface area (Å²) in [5.74, 6) is 0.0161. The van der Waals surface area contributed by atoms with Crippen molar-refractivity contribution in [1.82, 2.24) is 30.8 Å². The maximum Gasteiger partial charge on any atom is 0.298 e. The van der Waals surface area contributed by atoms with Crippen LogP contribution in [0.5, 0.6) is 0 Å². The van der Waals surface area contributed by atoms with Gasteiger partial charge >= 0.3 is 0 Å². The van der Waals surface area contributed by atoms with E-state index in [1.54, 1.807) is 6.07 Å². The van der Waals surface area contributed by atoms with Gasteiger partial charge in [0.15, 0.2) is 0 Å². The summed E-state index contributed by atoms with van der Waals surface area (Å²) in [6.45, 7) is 0. The van der Waals surface area contributed by atoms with Crippen LogP contribution in [-0.2, 0) is 0 Å². The van der Waals surface area contributed by atoms with E-state index in [-0.39, 0.29) is 5.82 Å². The lowest BCUT2D eigenvalue weighted by Gasteiger charge is -1.95. The number of aromatic amines is 2. The first-order valence-electron chi connectivity index (χ1n) is 3.40. The average molecular weight is 179 g/mol. The van der Waals surface area contributed by atoms with Crippen LogP contribution in [0, 0.1) is 0 Å². The molecule has 13 heavy (non-hydrogen) atoms. The van der Waals surface area contributed by atoms with Gasteiger partial charge in [-0.2, -0.15) is 10.3 Å². The predicted octanol–water partition coefficient (Wildman–Crippen LogP) is -0.825. The lowest BCUT2D eigenvalue weighted by Crippen LogP contribution is -2.14. The summed E-state index contributed by atoms with van der Waals surface area (Å²) in [6.07, 6.45) is 1.52. The van der Waals surface area contributed by atoms with Crippen LogP contribution in [0.4, 0.5) is 5.82 Å². The highest BCUT2D eigenvalue weighted by Crippen LogP contribution is 1.99. The molecule has 0 aliphatic carbocycles. The molecule has 0 aromatic carbocycles. The summed E-state index contributed by atoms with van der Waals surface area (Å²) >= 11 is 0. The van der Waals surface area contributed by atoms with Crippen molar-refractivity contribution in [3.63, 3.8) is 0 Å². The van der Waals surface area contributed by atoms with Gasteiger partial charge in [0.1, 0.15) is 5.82 Å². The van der Waals surface area contributed by atoms with E-state index in [9.17, 15) is 4.79 Å². The molecule has 0 bridgehead atoms. The normalized spacial score (nSPS) is 9.85. The second kappa shape index (κ2) is 3.01. The minimum Gasteiger partial charge on any atom is -0.304 e. The van der Waals surface area contributed by atoms with Crippen molar-refractivity contribution in [2.45, 2.75) is 0 Å². The Morgan fingerprint density at radius 3 is 3.08 bits per heavy atom. The van der Waals surface area contributed by atoms with Gasteiger partial charge in [0.25, 0.3) is 11.7 Å². The topological polar surface area (TPSA) is 112 Å². The Kier molecular flexibility index (Phi) is 1.71. The first kappa shape index (κ1) is 7.40. The molecule has 3 N–H and O–H groups in total. The molecular formula is C5H5N7O. The summed E-state index contributed by atoms with van der Waals surface area (Å²) in [6, 6.07) is 1.61. The van der Waals surface area contributed by atoms with Gasteiger partial charge in [0.2, 0.25) is 0 Å². The van der Waals surface area contributed by atoms with E-state index in [2.05, 4.69) is 36.1 Å². The number of tetrazole rings is 1. The van der Waals surface area contributed by atoms with Crippen molar-refractivity contribution in [3.05, 3.63) is 18.1 Å². The molecule has 2 rings (SSSR count). The second-order valence-corrected chi connectivity index (χ2v) is 2.16. The molecule has 8 heteroatoms. The van der Waals surface area contributed by atoms with Crippen LogP contribution in [0.25, 0.3) is 0 Å². The maximum absolute atomic E-state index is 11.2. The molecule has 1 amide bonds. The van der Waals surface area contributed by atoms with Crippen LogP contribution in [0.1, 0.15) is 10.6 Å². The van der Waals surface area contributed by atoms with Gasteiger partial charge in [0.05, 0.1) is 6.20 Å². The number of rotatable bonds is 2. The molecule has 66 valence electrons. The number of aromatic nitrogens is 6. The Labute approximate surface area is 71.7 Å². The predicted molar refractivity (Wildman–Crippen MR) is 40.7 cm³/mol. The first-order chi connectivity index (χ1) is 6.36. The van der Waals surface area contributed by atoms with E-state index in [1.165, 1.54) is 6.20 Å². The first-order valence-corrected chi connectivity index (χ1v) is 3.40. The highest BCUT2D eigenvalue weighted by molar-refractivity contribution is 6.00. The third-order valence-corrected chi connectivity index (χ3v) is 1.30. The molecular weight excluding hydrogens is 174 g/mol. The molecule has 0 spiro atoms. The van der Waals surface area contributed by atoms with Crippen molar-refractivity contribution in [2.75, 3.05) is 5.32 Å². The fourth-order valence-electron chi connectivity index (χ4n) is 0.762. The molecule has 0 fully saturated rings. The number of H-pyrrole nitrogens is 2. The van der Waals surface area contributed by atoms with Crippen molar-refractivity contribution in [2.24, 2.45) is 0 Å². The number of hydrogen-bond donors (Lipinski definition) is 3. The molecule has 2 aromatic rings. The highest BCUT2D eigenvalue weighted by Gasteiger charge is 2.10. The number of hydrogen-bond acceptors (Lipinski definition) is 5. The average Bonchev–Trinajstić information content (AvgIpc) is 2.74. The van der Waals surface area contributed by atoms with E-state index in [4.69, 9.17) is 0 Å². The van der Waals surface area contributed by atoms with Crippen LogP contribution in [-0.4, -0.2) is 36.7 Å². The zero-order valence-electron chi connectivity index (χ0n) is 6.35. The molecule has 2 aromatic heterocycles. The Morgan fingerprint density at radius 1 is 1.54 bits per heavy atom. The summed E-state index contributed by atoms with van der Waals surface area (Å²) < 4.78 is 0. The standard InChI is InChI=1S/C5H5N7O/c13-5(4-9-11-12-10-4)7-3-1-2-6-8-3/h1-2H,(H2,6,7,8,13)(H,9,10,11,12). The van der Waals surface area contributed by atoms with Crippen LogP contribution in [0.15, 0.2) is 12.3 Å². The molecule has 2 heterocycles. The number of anilines is 1. The zero-order chi connectivity index (χ0) is 9.10. The number of amides is 1. The minimum absolute atomic E-state index is 0.0189. The zero-order valence-corrected chi connectivity index (χ0v) is 6.35. The molecule has 0 aliphatic heterocycles. The Bertz CT molecular complexity index is 377. The summed E-state index contributed by atoms with van der Waals surface area (Å²) in [5.41, 5.74) is 0. The van der Waals surface area contributed by atoms with Gasteiger partial charge in [-0.25, -0.2) is 0 Å². The van der Waals surface area contributed by atoms with Gasteiger partial charge in [-0.1, -0.05) is 0 Å². The van der Waals surface area contributed by atoms with Gasteiger partial charge in [0, 0.05) is 6.07 Å². The van der Waals surface area contributed by atoms with Crippen LogP contribution >= 0.6 is 0 Å². The molecule has 0 atom stereocenters. The summed E-state index contributed by atoms with van der Waals surface area (Å²) in [4.78, 5) is 11.2. The van der Waals surface area contributed by atoms with E-state index in [0.717, 1.165) is 0 Å². The van der Waals surface area contributed by atoms with Crippen molar-refractivity contribution in [3.8, 4) is 0 Å². The van der Waals surface area contributed by atoms with E-state index < -0.39 is 5.91 Å².